The first-order chi connectivity index (χ1) is 15.1. The van der Waals surface area contributed by atoms with Gasteiger partial charge < -0.3 is 20.3 Å². The van der Waals surface area contributed by atoms with Gasteiger partial charge in [0.1, 0.15) is 11.6 Å². The number of nitrogens with zero attached hydrogens (tertiary/aromatic N) is 1. The summed E-state index contributed by atoms with van der Waals surface area (Å²) in [5.74, 6) is -0.222. The van der Waals surface area contributed by atoms with E-state index in [2.05, 4.69) is 10.6 Å². The SMILES string of the molecule is CC(=O)NCCCC[C@H](NC(=O)OC(C)(C)C)C(=O)N(Cc1cccs1)Cc1cccs1. The van der Waals surface area contributed by atoms with Crippen LogP contribution in [-0.4, -0.2) is 41.0 Å². The van der Waals surface area contributed by atoms with Gasteiger partial charge in [0.2, 0.25) is 11.8 Å². The van der Waals surface area contributed by atoms with Gasteiger partial charge in [-0.15, -0.1) is 22.7 Å². The van der Waals surface area contributed by atoms with E-state index in [1.165, 1.54) is 6.92 Å². The Morgan fingerprint density at radius 3 is 2.09 bits per heavy atom. The van der Waals surface area contributed by atoms with Crippen LogP contribution < -0.4 is 10.6 Å². The quantitative estimate of drug-likeness (QED) is 0.463. The van der Waals surface area contributed by atoms with Crippen LogP contribution in [0.4, 0.5) is 4.79 Å². The Labute approximate surface area is 198 Å². The summed E-state index contributed by atoms with van der Waals surface area (Å²) in [4.78, 5) is 41.0. The molecule has 0 aliphatic heterocycles. The maximum Gasteiger partial charge on any atom is 0.408 e. The minimum absolute atomic E-state index is 0.0809. The lowest BCUT2D eigenvalue weighted by Crippen LogP contribution is -2.49. The molecule has 2 rings (SSSR count). The fourth-order valence-electron chi connectivity index (χ4n) is 3.06. The van der Waals surface area contributed by atoms with Gasteiger partial charge in [0.05, 0.1) is 13.1 Å². The van der Waals surface area contributed by atoms with E-state index in [9.17, 15) is 14.4 Å². The Bertz CT molecular complexity index is 809. The lowest BCUT2D eigenvalue weighted by atomic mass is 10.1. The first-order valence-electron chi connectivity index (χ1n) is 10.7. The van der Waals surface area contributed by atoms with Crippen LogP contribution in [0.15, 0.2) is 35.0 Å². The van der Waals surface area contributed by atoms with E-state index in [4.69, 9.17) is 4.74 Å². The molecular formula is C23H33N3O4S2. The average Bonchev–Trinajstić information content (AvgIpc) is 3.38. The van der Waals surface area contributed by atoms with Gasteiger partial charge in [-0.3, -0.25) is 9.59 Å². The first kappa shape index (κ1) is 25.9. The number of carbonyl (C=O) groups excluding carboxylic acids is 3. The lowest BCUT2D eigenvalue weighted by molar-refractivity contribution is -0.135. The molecule has 0 saturated carbocycles. The summed E-state index contributed by atoms with van der Waals surface area (Å²) in [6, 6.07) is 7.23. The van der Waals surface area contributed by atoms with E-state index < -0.39 is 17.7 Å². The third-order valence-corrected chi connectivity index (χ3v) is 6.17. The maximum absolute atomic E-state index is 13.6. The van der Waals surface area contributed by atoms with Crippen LogP contribution in [0, 0.1) is 0 Å². The van der Waals surface area contributed by atoms with Crippen LogP contribution >= 0.6 is 22.7 Å². The summed E-state index contributed by atoms with van der Waals surface area (Å²) in [7, 11) is 0. The minimum atomic E-state index is -0.706. The molecule has 176 valence electrons. The van der Waals surface area contributed by atoms with Crippen molar-refractivity contribution in [3.63, 3.8) is 0 Å². The molecule has 7 nitrogen and oxygen atoms in total. The van der Waals surface area contributed by atoms with Gasteiger partial charge in [0, 0.05) is 23.2 Å². The number of hydrogen-bond donors (Lipinski definition) is 2. The molecular weight excluding hydrogens is 446 g/mol. The van der Waals surface area contributed by atoms with Gasteiger partial charge in [-0.2, -0.15) is 0 Å². The first-order valence-corrected chi connectivity index (χ1v) is 12.5. The Kier molecular flexibility index (Phi) is 10.2. The van der Waals surface area contributed by atoms with Crippen molar-refractivity contribution in [2.45, 2.75) is 71.7 Å². The minimum Gasteiger partial charge on any atom is -0.444 e. The normalized spacial score (nSPS) is 12.1. The Morgan fingerprint density at radius 1 is 1.03 bits per heavy atom. The zero-order chi connectivity index (χ0) is 23.6. The van der Waals surface area contributed by atoms with Crippen LogP contribution in [-0.2, 0) is 27.4 Å². The van der Waals surface area contributed by atoms with Crippen molar-refractivity contribution in [3.05, 3.63) is 44.8 Å². The van der Waals surface area contributed by atoms with Gasteiger partial charge in [0.15, 0.2) is 0 Å². The summed E-state index contributed by atoms with van der Waals surface area (Å²) < 4.78 is 5.40. The molecule has 2 aromatic heterocycles. The molecule has 2 N–H and O–H groups in total. The molecule has 0 aliphatic rings. The predicted molar refractivity (Wildman–Crippen MR) is 129 cm³/mol. The van der Waals surface area contributed by atoms with Crippen LogP contribution in [0.2, 0.25) is 0 Å². The second kappa shape index (κ2) is 12.6. The standard InChI is InChI=1S/C23H33N3O4S2/c1-17(27)24-12-6-5-11-20(25-22(29)30-23(2,3)4)21(28)26(15-18-9-7-13-31-18)16-19-10-8-14-32-19/h7-10,13-14,20H,5-6,11-12,15-16H2,1-4H3,(H,24,27)(H,25,29)/t20-/m0/s1. The molecule has 3 amide bonds. The highest BCUT2D eigenvalue weighted by atomic mass is 32.1. The molecule has 0 aliphatic carbocycles. The fourth-order valence-corrected chi connectivity index (χ4v) is 4.50. The van der Waals surface area contributed by atoms with E-state index in [1.54, 1.807) is 48.3 Å². The molecule has 0 bridgehead atoms. The predicted octanol–water partition coefficient (Wildman–Crippen LogP) is 4.54. The lowest BCUT2D eigenvalue weighted by Gasteiger charge is -2.28. The number of thiophene rings is 2. The number of nitrogens with one attached hydrogen (secondary N) is 2. The summed E-state index contributed by atoms with van der Waals surface area (Å²) >= 11 is 3.20. The zero-order valence-electron chi connectivity index (χ0n) is 19.2. The smallest absolute Gasteiger partial charge is 0.408 e. The van der Waals surface area contributed by atoms with E-state index in [0.717, 1.165) is 16.2 Å². The van der Waals surface area contributed by atoms with Crippen molar-refractivity contribution in [3.8, 4) is 0 Å². The largest absolute Gasteiger partial charge is 0.444 e. The Balaban J connectivity index is 2.12. The van der Waals surface area contributed by atoms with Crippen molar-refractivity contribution >= 4 is 40.6 Å². The van der Waals surface area contributed by atoms with Crippen LogP contribution in [0.1, 0.15) is 56.7 Å². The molecule has 0 unspecified atom stereocenters. The number of amides is 3. The summed E-state index contributed by atoms with van der Waals surface area (Å²) in [6.07, 6.45) is 1.25. The average molecular weight is 480 g/mol. The van der Waals surface area contributed by atoms with Gasteiger partial charge in [-0.25, -0.2) is 4.79 Å². The third-order valence-electron chi connectivity index (χ3n) is 4.45. The number of rotatable bonds is 11. The molecule has 2 heterocycles. The topological polar surface area (TPSA) is 87.7 Å². The van der Waals surface area contributed by atoms with Crippen LogP contribution in [0.5, 0.6) is 0 Å². The fraction of sp³-hybridized carbons (Fsp3) is 0.522. The number of ether oxygens (including phenoxy) is 1. The highest BCUT2D eigenvalue weighted by molar-refractivity contribution is 7.10. The van der Waals surface area contributed by atoms with Crippen LogP contribution in [0.3, 0.4) is 0 Å². The molecule has 0 spiro atoms. The van der Waals surface area contributed by atoms with Crippen LogP contribution in [0.25, 0.3) is 0 Å². The zero-order valence-corrected chi connectivity index (χ0v) is 20.8. The van der Waals surface area contributed by atoms with Gasteiger partial charge in [-0.05, 0) is 62.9 Å². The highest BCUT2D eigenvalue weighted by Crippen LogP contribution is 2.19. The number of unbranched alkanes of at least 4 members (excludes halogenated alkanes) is 1. The Hall–Kier alpha value is -2.39. The van der Waals surface area contributed by atoms with E-state index in [1.807, 2.05) is 35.0 Å². The van der Waals surface area contributed by atoms with E-state index >= 15 is 0 Å². The highest BCUT2D eigenvalue weighted by Gasteiger charge is 2.28. The molecule has 0 saturated heterocycles. The number of carbonyl (C=O) groups is 3. The maximum atomic E-state index is 13.6. The van der Waals surface area contributed by atoms with E-state index in [-0.39, 0.29) is 11.8 Å². The number of hydrogen-bond acceptors (Lipinski definition) is 6. The van der Waals surface area contributed by atoms with Gasteiger partial charge in [0.25, 0.3) is 0 Å². The number of alkyl carbamates (subject to hydrolysis) is 1. The molecule has 9 heteroatoms. The summed E-state index contributed by atoms with van der Waals surface area (Å²) in [5.41, 5.74) is -0.656. The summed E-state index contributed by atoms with van der Waals surface area (Å²) in [5, 5.41) is 9.51. The van der Waals surface area contributed by atoms with Crippen molar-refractivity contribution in [2.24, 2.45) is 0 Å². The van der Waals surface area contributed by atoms with Crippen molar-refractivity contribution in [2.75, 3.05) is 6.54 Å². The molecule has 0 radical (unpaired) electrons. The van der Waals surface area contributed by atoms with Crippen molar-refractivity contribution < 1.29 is 19.1 Å². The van der Waals surface area contributed by atoms with Gasteiger partial charge in [-0.1, -0.05) is 12.1 Å². The third kappa shape index (κ3) is 9.82. The monoisotopic (exact) mass is 479 g/mol. The second-order valence-corrected chi connectivity index (χ2v) is 10.6. The van der Waals surface area contributed by atoms with Gasteiger partial charge >= 0.3 is 6.09 Å². The molecule has 1 atom stereocenters. The molecule has 2 aromatic rings. The van der Waals surface area contributed by atoms with Crippen molar-refractivity contribution in [1.29, 1.82) is 0 Å². The summed E-state index contributed by atoms with van der Waals surface area (Å²) in [6.45, 7) is 8.34. The molecule has 0 aromatic carbocycles. The second-order valence-electron chi connectivity index (χ2n) is 8.53. The van der Waals surface area contributed by atoms with E-state index in [0.29, 0.717) is 32.5 Å². The van der Waals surface area contributed by atoms with Crippen molar-refractivity contribution in [1.82, 2.24) is 15.5 Å². The molecule has 32 heavy (non-hydrogen) atoms. The Morgan fingerprint density at radius 2 is 1.62 bits per heavy atom. The molecule has 0 fully saturated rings.